The molecule has 2 saturated heterocycles. The summed E-state index contributed by atoms with van der Waals surface area (Å²) in [5, 5.41) is 0. The van der Waals surface area contributed by atoms with Gasteiger partial charge in [0.2, 0.25) is 11.8 Å². The first-order valence-electron chi connectivity index (χ1n) is 10.2. The molecule has 1 aromatic rings. The van der Waals surface area contributed by atoms with Crippen molar-refractivity contribution >= 4 is 17.5 Å². The van der Waals surface area contributed by atoms with E-state index in [1.165, 1.54) is 11.3 Å². The van der Waals surface area contributed by atoms with Crippen molar-refractivity contribution in [1.82, 2.24) is 14.7 Å². The van der Waals surface area contributed by atoms with Crippen LogP contribution in [0.1, 0.15) is 18.4 Å². The molecule has 3 aliphatic rings. The number of hydrogen-bond donors (Lipinski definition) is 0. The molecular formula is C21H30N4O2. The van der Waals surface area contributed by atoms with Gasteiger partial charge in [0.25, 0.3) is 0 Å². The summed E-state index contributed by atoms with van der Waals surface area (Å²) in [6, 6.07) is 8.62. The lowest BCUT2D eigenvalue weighted by Gasteiger charge is -2.38. The van der Waals surface area contributed by atoms with Crippen LogP contribution in [0.2, 0.25) is 0 Å². The van der Waals surface area contributed by atoms with Crippen LogP contribution in [0.3, 0.4) is 0 Å². The fourth-order valence-electron chi connectivity index (χ4n) is 4.04. The maximum Gasteiger partial charge on any atom is 0.236 e. The van der Waals surface area contributed by atoms with Crippen LogP contribution in [0.25, 0.3) is 0 Å². The lowest BCUT2D eigenvalue weighted by atomic mass is 10.2. The second-order valence-corrected chi connectivity index (χ2v) is 8.08. The summed E-state index contributed by atoms with van der Waals surface area (Å²) in [7, 11) is 0. The van der Waals surface area contributed by atoms with Crippen LogP contribution in [-0.2, 0) is 9.59 Å². The molecule has 1 saturated carbocycles. The smallest absolute Gasteiger partial charge is 0.236 e. The first-order valence-corrected chi connectivity index (χ1v) is 10.2. The average molecular weight is 370 g/mol. The maximum absolute atomic E-state index is 12.7. The van der Waals surface area contributed by atoms with Crippen LogP contribution >= 0.6 is 0 Å². The molecular weight excluding hydrogens is 340 g/mol. The number of benzene rings is 1. The monoisotopic (exact) mass is 370 g/mol. The van der Waals surface area contributed by atoms with Gasteiger partial charge in [0, 0.05) is 64.0 Å². The molecule has 2 amide bonds. The standard InChI is InChI=1S/C21H30N4O2/c1-17-3-2-4-19(15-17)23-9-7-22(8-10-23)16-20(26)24-11-13-25(14-12-24)21(27)18-5-6-18/h2-4,15,18H,5-14,16H2,1H3. The molecule has 1 aromatic carbocycles. The molecule has 2 aliphatic heterocycles. The summed E-state index contributed by atoms with van der Waals surface area (Å²) in [6.07, 6.45) is 2.10. The third-order valence-corrected chi connectivity index (χ3v) is 5.97. The molecule has 4 rings (SSSR count). The highest BCUT2D eigenvalue weighted by Gasteiger charge is 2.35. The number of carbonyl (C=O) groups is 2. The van der Waals surface area contributed by atoms with Crippen LogP contribution in [-0.4, -0.2) is 85.4 Å². The predicted molar refractivity (Wildman–Crippen MR) is 106 cm³/mol. The lowest BCUT2D eigenvalue weighted by molar-refractivity contribution is -0.140. The number of nitrogens with zero attached hydrogens (tertiary/aromatic N) is 4. The summed E-state index contributed by atoms with van der Waals surface area (Å²) >= 11 is 0. The normalized spacial score (nSPS) is 21.4. The Labute approximate surface area is 161 Å². The molecule has 0 aromatic heterocycles. The van der Waals surface area contributed by atoms with E-state index in [-0.39, 0.29) is 11.8 Å². The molecule has 1 aliphatic carbocycles. The third kappa shape index (κ3) is 4.43. The Balaban J connectivity index is 1.21. The SMILES string of the molecule is Cc1cccc(N2CCN(CC(=O)N3CCN(C(=O)C4CC4)CC3)CC2)c1. The number of aryl methyl sites for hydroxylation is 1. The first-order chi connectivity index (χ1) is 13.1. The van der Waals surface area contributed by atoms with E-state index >= 15 is 0 Å². The molecule has 0 N–H and O–H groups in total. The van der Waals surface area contributed by atoms with Crippen LogP contribution in [0, 0.1) is 12.8 Å². The number of amides is 2. The van der Waals surface area contributed by atoms with E-state index in [0.29, 0.717) is 38.6 Å². The second-order valence-electron chi connectivity index (χ2n) is 8.08. The Hall–Kier alpha value is -2.08. The highest BCUT2D eigenvalue weighted by Crippen LogP contribution is 2.31. The number of anilines is 1. The van der Waals surface area contributed by atoms with Crippen molar-refractivity contribution in [3.05, 3.63) is 29.8 Å². The van der Waals surface area contributed by atoms with Crippen molar-refractivity contribution in [3.63, 3.8) is 0 Å². The van der Waals surface area contributed by atoms with E-state index in [2.05, 4.69) is 41.0 Å². The van der Waals surface area contributed by atoms with Gasteiger partial charge in [0.05, 0.1) is 6.54 Å². The molecule has 0 atom stereocenters. The second kappa shape index (κ2) is 7.89. The minimum Gasteiger partial charge on any atom is -0.369 e. The van der Waals surface area contributed by atoms with Gasteiger partial charge in [-0.15, -0.1) is 0 Å². The van der Waals surface area contributed by atoms with Crippen LogP contribution in [0.5, 0.6) is 0 Å². The molecule has 0 radical (unpaired) electrons. The Bertz CT molecular complexity index is 687. The highest BCUT2D eigenvalue weighted by molar-refractivity contribution is 5.82. The molecule has 3 fully saturated rings. The Morgan fingerprint density at radius 2 is 1.59 bits per heavy atom. The topological polar surface area (TPSA) is 47.1 Å². The van der Waals surface area contributed by atoms with Crippen LogP contribution in [0.4, 0.5) is 5.69 Å². The number of piperazine rings is 2. The molecule has 146 valence electrons. The van der Waals surface area contributed by atoms with Crippen molar-refractivity contribution in [2.24, 2.45) is 5.92 Å². The molecule has 0 unspecified atom stereocenters. The molecule has 0 spiro atoms. The summed E-state index contributed by atoms with van der Waals surface area (Å²) in [5.74, 6) is 0.781. The Morgan fingerprint density at radius 1 is 0.926 bits per heavy atom. The van der Waals surface area contributed by atoms with Gasteiger partial charge in [-0.3, -0.25) is 14.5 Å². The minimum atomic E-state index is 0.206. The van der Waals surface area contributed by atoms with Crippen molar-refractivity contribution in [2.75, 3.05) is 63.8 Å². The predicted octanol–water partition coefficient (Wildman–Crippen LogP) is 1.20. The van der Waals surface area contributed by atoms with Gasteiger partial charge in [-0.1, -0.05) is 12.1 Å². The van der Waals surface area contributed by atoms with Gasteiger partial charge >= 0.3 is 0 Å². The average Bonchev–Trinajstić information content (AvgIpc) is 3.53. The summed E-state index contributed by atoms with van der Waals surface area (Å²) < 4.78 is 0. The van der Waals surface area contributed by atoms with Crippen molar-refractivity contribution < 1.29 is 9.59 Å². The van der Waals surface area contributed by atoms with E-state index in [1.807, 2.05) is 9.80 Å². The van der Waals surface area contributed by atoms with E-state index in [1.54, 1.807) is 0 Å². The quantitative estimate of drug-likeness (QED) is 0.799. The first kappa shape index (κ1) is 18.3. The Morgan fingerprint density at radius 3 is 2.22 bits per heavy atom. The van der Waals surface area contributed by atoms with Crippen molar-refractivity contribution in [1.29, 1.82) is 0 Å². The number of hydrogen-bond acceptors (Lipinski definition) is 4. The molecule has 2 heterocycles. The fraction of sp³-hybridized carbons (Fsp3) is 0.619. The largest absolute Gasteiger partial charge is 0.369 e. The van der Waals surface area contributed by atoms with Crippen molar-refractivity contribution in [3.8, 4) is 0 Å². The zero-order valence-corrected chi connectivity index (χ0v) is 16.3. The van der Waals surface area contributed by atoms with Gasteiger partial charge in [-0.05, 0) is 37.5 Å². The van der Waals surface area contributed by atoms with Gasteiger partial charge < -0.3 is 14.7 Å². The number of rotatable bonds is 4. The van der Waals surface area contributed by atoms with Crippen LogP contribution in [0.15, 0.2) is 24.3 Å². The van der Waals surface area contributed by atoms with Gasteiger partial charge in [-0.2, -0.15) is 0 Å². The van der Waals surface area contributed by atoms with Gasteiger partial charge in [-0.25, -0.2) is 0 Å². The maximum atomic E-state index is 12.7. The summed E-state index contributed by atoms with van der Waals surface area (Å²) in [5.41, 5.74) is 2.56. The van der Waals surface area contributed by atoms with E-state index in [9.17, 15) is 9.59 Å². The lowest BCUT2D eigenvalue weighted by Crippen LogP contribution is -2.54. The minimum absolute atomic E-state index is 0.206. The molecule has 27 heavy (non-hydrogen) atoms. The Kier molecular flexibility index (Phi) is 5.34. The number of carbonyl (C=O) groups excluding carboxylic acids is 2. The van der Waals surface area contributed by atoms with E-state index < -0.39 is 0 Å². The van der Waals surface area contributed by atoms with Gasteiger partial charge in [0.15, 0.2) is 0 Å². The third-order valence-electron chi connectivity index (χ3n) is 5.97. The van der Waals surface area contributed by atoms with Gasteiger partial charge in [0.1, 0.15) is 0 Å². The zero-order valence-electron chi connectivity index (χ0n) is 16.3. The fourth-order valence-corrected chi connectivity index (χ4v) is 4.04. The summed E-state index contributed by atoms with van der Waals surface area (Å²) in [4.78, 5) is 33.3. The van der Waals surface area contributed by atoms with Crippen LogP contribution < -0.4 is 4.90 Å². The summed E-state index contributed by atoms with van der Waals surface area (Å²) in [6.45, 7) is 9.13. The highest BCUT2D eigenvalue weighted by atomic mass is 16.2. The van der Waals surface area contributed by atoms with E-state index in [4.69, 9.17) is 0 Å². The molecule has 6 nitrogen and oxygen atoms in total. The van der Waals surface area contributed by atoms with Crippen molar-refractivity contribution in [2.45, 2.75) is 19.8 Å². The zero-order chi connectivity index (χ0) is 18.8. The molecule has 6 heteroatoms. The molecule has 0 bridgehead atoms. The van der Waals surface area contributed by atoms with E-state index in [0.717, 1.165) is 39.0 Å².